The fraction of sp³-hybridized carbons (Fsp3) is 1.00. The number of halogens is 3. The summed E-state index contributed by atoms with van der Waals surface area (Å²) in [5, 5.41) is 2.99. The summed E-state index contributed by atoms with van der Waals surface area (Å²) in [6.07, 6.45) is -2.81. The Morgan fingerprint density at radius 1 is 1.29 bits per heavy atom. The summed E-state index contributed by atoms with van der Waals surface area (Å²) in [5.74, 6) is 0. The van der Waals surface area contributed by atoms with E-state index in [1.807, 2.05) is 0 Å². The second kappa shape index (κ2) is 5.53. The van der Waals surface area contributed by atoms with Crippen molar-refractivity contribution in [1.82, 2.24) is 5.32 Å². The Morgan fingerprint density at radius 3 is 2.50 bits per heavy atom. The van der Waals surface area contributed by atoms with Gasteiger partial charge in [-0.3, -0.25) is 4.74 Å². The van der Waals surface area contributed by atoms with E-state index in [2.05, 4.69) is 10.1 Å². The standard InChI is InChI=1S/C8H14F3NO2/c9-8(10,11)14-6-3-12-7-1-4-13-5-2-7/h7,12H,1-6H2. The first-order valence-corrected chi connectivity index (χ1v) is 4.60. The van der Waals surface area contributed by atoms with Gasteiger partial charge < -0.3 is 10.1 Å². The van der Waals surface area contributed by atoms with Crippen LogP contribution in [0.3, 0.4) is 0 Å². The van der Waals surface area contributed by atoms with Gasteiger partial charge in [0.05, 0.1) is 6.61 Å². The molecule has 1 fully saturated rings. The van der Waals surface area contributed by atoms with Gasteiger partial charge >= 0.3 is 6.36 Å². The summed E-state index contributed by atoms with van der Waals surface area (Å²) < 4.78 is 43.4. The van der Waals surface area contributed by atoms with Crippen LogP contribution in [0.25, 0.3) is 0 Å². The largest absolute Gasteiger partial charge is 0.522 e. The van der Waals surface area contributed by atoms with Crippen molar-refractivity contribution >= 4 is 0 Å². The molecule has 1 aliphatic heterocycles. The number of hydrogen-bond donors (Lipinski definition) is 1. The van der Waals surface area contributed by atoms with E-state index in [0.717, 1.165) is 12.8 Å². The number of ether oxygens (including phenoxy) is 2. The minimum atomic E-state index is -4.52. The van der Waals surface area contributed by atoms with Crippen LogP contribution in [0.2, 0.25) is 0 Å². The summed E-state index contributed by atoms with van der Waals surface area (Å²) in [4.78, 5) is 0. The van der Waals surface area contributed by atoms with Crippen molar-refractivity contribution < 1.29 is 22.6 Å². The lowest BCUT2D eigenvalue weighted by Gasteiger charge is -2.23. The molecule has 1 heterocycles. The van der Waals surface area contributed by atoms with Crippen molar-refractivity contribution in [1.29, 1.82) is 0 Å². The highest BCUT2D eigenvalue weighted by molar-refractivity contribution is 4.69. The molecule has 3 nitrogen and oxygen atoms in total. The van der Waals surface area contributed by atoms with E-state index in [-0.39, 0.29) is 19.2 Å². The molecule has 0 bridgehead atoms. The highest BCUT2D eigenvalue weighted by atomic mass is 19.4. The molecule has 1 aliphatic rings. The van der Waals surface area contributed by atoms with Crippen LogP contribution in [0.15, 0.2) is 0 Å². The van der Waals surface area contributed by atoms with Crippen LogP contribution in [0.1, 0.15) is 12.8 Å². The minimum absolute atomic E-state index is 0.226. The molecule has 0 aromatic carbocycles. The number of rotatable bonds is 4. The number of nitrogens with one attached hydrogen (secondary N) is 1. The maximum atomic E-state index is 11.6. The average molecular weight is 213 g/mol. The van der Waals surface area contributed by atoms with Crippen LogP contribution < -0.4 is 5.32 Å². The molecule has 0 atom stereocenters. The molecule has 0 amide bonds. The summed E-state index contributed by atoms with van der Waals surface area (Å²) in [5.41, 5.74) is 0. The van der Waals surface area contributed by atoms with Crippen LogP contribution in [0.4, 0.5) is 13.2 Å². The van der Waals surface area contributed by atoms with Gasteiger partial charge in [0.15, 0.2) is 0 Å². The lowest BCUT2D eigenvalue weighted by molar-refractivity contribution is -0.323. The molecular formula is C8H14F3NO2. The Kier molecular flexibility index (Phi) is 4.64. The van der Waals surface area contributed by atoms with Gasteiger partial charge in [-0.05, 0) is 12.8 Å². The molecule has 6 heteroatoms. The fourth-order valence-electron chi connectivity index (χ4n) is 1.33. The minimum Gasteiger partial charge on any atom is -0.381 e. The van der Waals surface area contributed by atoms with E-state index >= 15 is 0 Å². The van der Waals surface area contributed by atoms with Gasteiger partial charge in [0.25, 0.3) is 0 Å². The monoisotopic (exact) mass is 213 g/mol. The molecule has 0 aliphatic carbocycles. The Bertz CT molecular complexity index is 157. The highest BCUT2D eigenvalue weighted by Crippen LogP contribution is 2.15. The van der Waals surface area contributed by atoms with Gasteiger partial charge in [-0.15, -0.1) is 13.2 Å². The Morgan fingerprint density at radius 2 is 1.93 bits per heavy atom. The van der Waals surface area contributed by atoms with Crippen molar-refractivity contribution in [3.63, 3.8) is 0 Å². The van der Waals surface area contributed by atoms with E-state index in [4.69, 9.17) is 4.74 Å². The molecule has 0 aromatic heterocycles. The first kappa shape index (κ1) is 11.7. The normalized spacial score (nSPS) is 19.9. The predicted molar refractivity (Wildman–Crippen MR) is 43.9 cm³/mol. The van der Waals surface area contributed by atoms with Gasteiger partial charge in [0.2, 0.25) is 0 Å². The zero-order valence-electron chi connectivity index (χ0n) is 7.77. The second-order valence-electron chi connectivity index (χ2n) is 3.13. The van der Waals surface area contributed by atoms with Gasteiger partial charge in [0.1, 0.15) is 0 Å². The zero-order chi connectivity index (χ0) is 10.4. The third-order valence-electron chi connectivity index (χ3n) is 2.02. The lowest BCUT2D eigenvalue weighted by Crippen LogP contribution is -2.37. The van der Waals surface area contributed by atoms with Crippen LogP contribution in [-0.4, -0.2) is 38.8 Å². The number of hydrogen-bond acceptors (Lipinski definition) is 3. The van der Waals surface area contributed by atoms with Gasteiger partial charge in [-0.2, -0.15) is 0 Å². The molecule has 0 unspecified atom stereocenters. The average Bonchev–Trinajstić information content (AvgIpc) is 2.13. The van der Waals surface area contributed by atoms with E-state index in [0.29, 0.717) is 13.2 Å². The predicted octanol–water partition coefficient (Wildman–Crippen LogP) is 1.29. The Balaban J connectivity index is 1.97. The third kappa shape index (κ3) is 5.41. The molecule has 14 heavy (non-hydrogen) atoms. The molecule has 1 rings (SSSR count). The number of alkyl halides is 3. The van der Waals surface area contributed by atoms with Crippen molar-refractivity contribution in [2.45, 2.75) is 25.2 Å². The molecule has 0 aromatic rings. The van der Waals surface area contributed by atoms with Crippen LogP contribution >= 0.6 is 0 Å². The van der Waals surface area contributed by atoms with E-state index in [1.54, 1.807) is 0 Å². The first-order chi connectivity index (χ1) is 6.58. The molecule has 0 radical (unpaired) electrons. The van der Waals surface area contributed by atoms with E-state index in [9.17, 15) is 13.2 Å². The maximum Gasteiger partial charge on any atom is 0.522 e. The smallest absolute Gasteiger partial charge is 0.381 e. The van der Waals surface area contributed by atoms with Crippen LogP contribution in [0, 0.1) is 0 Å². The van der Waals surface area contributed by atoms with Crippen molar-refractivity contribution in [3.8, 4) is 0 Å². The molecule has 1 N–H and O–H groups in total. The van der Waals surface area contributed by atoms with Gasteiger partial charge in [-0.1, -0.05) is 0 Å². The first-order valence-electron chi connectivity index (χ1n) is 4.60. The topological polar surface area (TPSA) is 30.5 Å². The molecule has 0 saturated carbocycles. The SMILES string of the molecule is FC(F)(F)OCCNC1CCOCC1. The fourth-order valence-corrected chi connectivity index (χ4v) is 1.33. The molecule has 0 spiro atoms. The molecule has 84 valence electrons. The second-order valence-corrected chi connectivity index (χ2v) is 3.13. The zero-order valence-corrected chi connectivity index (χ0v) is 7.77. The van der Waals surface area contributed by atoms with Crippen LogP contribution in [-0.2, 0) is 9.47 Å². The quantitative estimate of drug-likeness (QED) is 0.714. The summed E-state index contributed by atoms with van der Waals surface area (Å²) in [6, 6.07) is 0.264. The van der Waals surface area contributed by atoms with Gasteiger partial charge in [0, 0.05) is 25.8 Å². The summed E-state index contributed by atoms with van der Waals surface area (Å²) in [7, 11) is 0. The van der Waals surface area contributed by atoms with E-state index in [1.165, 1.54) is 0 Å². The van der Waals surface area contributed by atoms with E-state index < -0.39 is 6.36 Å². The molecule has 1 saturated heterocycles. The van der Waals surface area contributed by atoms with Crippen LogP contribution in [0.5, 0.6) is 0 Å². The van der Waals surface area contributed by atoms with Crippen molar-refractivity contribution in [2.24, 2.45) is 0 Å². The summed E-state index contributed by atoms with van der Waals surface area (Å²) >= 11 is 0. The highest BCUT2D eigenvalue weighted by Gasteiger charge is 2.28. The van der Waals surface area contributed by atoms with Crippen molar-refractivity contribution in [2.75, 3.05) is 26.4 Å². The molecular weight excluding hydrogens is 199 g/mol. The Hall–Kier alpha value is -0.330. The summed E-state index contributed by atoms with van der Waals surface area (Å²) in [6.45, 7) is 1.25. The van der Waals surface area contributed by atoms with Gasteiger partial charge in [-0.25, -0.2) is 0 Å². The maximum absolute atomic E-state index is 11.6. The Labute approximate surface area is 80.6 Å². The third-order valence-corrected chi connectivity index (χ3v) is 2.02. The lowest BCUT2D eigenvalue weighted by atomic mass is 10.1. The van der Waals surface area contributed by atoms with Crippen molar-refractivity contribution in [3.05, 3.63) is 0 Å².